The summed E-state index contributed by atoms with van der Waals surface area (Å²) in [5.41, 5.74) is 0. The molecule has 0 unspecified atom stereocenters. The quantitative estimate of drug-likeness (QED) is 0.440. The summed E-state index contributed by atoms with van der Waals surface area (Å²) >= 11 is 0. The average molecular weight is 222 g/mol. The molecule has 0 rings (SSSR count). The molecule has 0 aromatic heterocycles. The molecule has 0 aliphatic carbocycles. The van der Waals surface area contributed by atoms with Crippen LogP contribution in [-0.4, -0.2) is 29.0 Å². The summed E-state index contributed by atoms with van der Waals surface area (Å²) in [6, 6.07) is 1.98. The van der Waals surface area contributed by atoms with Crippen LogP contribution in [0.5, 0.6) is 0 Å². The number of unbranched alkanes of at least 4 members (excludes halogenated alkanes) is 2. The van der Waals surface area contributed by atoms with Crippen LogP contribution in [0.3, 0.4) is 0 Å². The number of hydrogen-bond donors (Lipinski definition) is 0. The van der Waals surface area contributed by atoms with E-state index < -0.39 is 8.56 Å². The van der Waals surface area contributed by atoms with Crippen LogP contribution in [0.4, 0.5) is 4.39 Å². The lowest BCUT2D eigenvalue weighted by molar-refractivity contribution is 0.195. The van der Waals surface area contributed by atoms with Crippen molar-refractivity contribution in [2.45, 2.75) is 45.2 Å². The molecular weight excluding hydrogens is 199 g/mol. The fourth-order valence-corrected chi connectivity index (χ4v) is 3.55. The van der Waals surface area contributed by atoms with Gasteiger partial charge in [0, 0.05) is 13.7 Å². The molecule has 14 heavy (non-hydrogen) atoms. The second kappa shape index (κ2) is 8.38. The lowest BCUT2D eigenvalue weighted by Crippen LogP contribution is -2.39. The van der Waals surface area contributed by atoms with E-state index in [0.29, 0.717) is 6.42 Å². The SMILES string of the molecule is CC[Si](CC)(OC)OCCCCCF. The minimum atomic E-state index is -1.87. The first kappa shape index (κ1) is 14.1. The van der Waals surface area contributed by atoms with Gasteiger partial charge in [0.05, 0.1) is 6.67 Å². The van der Waals surface area contributed by atoms with Gasteiger partial charge >= 0.3 is 8.56 Å². The fourth-order valence-electron chi connectivity index (χ4n) is 1.43. The normalized spacial score (nSPS) is 12.0. The lowest BCUT2D eigenvalue weighted by atomic mass is 10.3. The van der Waals surface area contributed by atoms with Crippen molar-refractivity contribution >= 4 is 8.56 Å². The first-order valence-corrected chi connectivity index (χ1v) is 7.72. The Morgan fingerprint density at radius 2 is 1.71 bits per heavy atom. The van der Waals surface area contributed by atoms with Gasteiger partial charge < -0.3 is 8.85 Å². The molecule has 86 valence electrons. The fraction of sp³-hybridized carbons (Fsp3) is 1.00. The Bertz CT molecular complexity index is 121. The van der Waals surface area contributed by atoms with E-state index in [9.17, 15) is 4.39 Å². The Labute approximate surface area is 88.0 Å². The molecule has 0 aromatic carbocycles. The van der Waals surface area contributed by atoms with Crippen molar-refractivity contribution in [2.24, 2.45) is 0 Å². The van der Waals surface area contributed by atoms with Gasteiger partial charge in [0.25, 0.3) is 0 Å². The van der Waals surface area contributed by atoms with Gasteiger partial charge in [0.15, 0.2) is 0 Å². The summed E-state index contributed by atoms with van der Waals surface area (Å²) in [7, 11) is -0.134. The molecule has 0 aliphatic rings. The highest BCUT2D eigenvalue weighted by molar-refractivity contribution is 6.67. The maximum atomic E-state index is 11.8. The Morgan fingerprint density at radius 1 is 1.07 bits per heavy atom. The molecule has 0 saturated heterocycles. The number of hydrogen-bond acceptors (Lipinski definition) is 2. The van der Waals surface area contributed by atoms with Crippen LogP contribution < -0.4 is 0 Å². The minimum Gasteiger partial charge on any atom is -0.398 e. The predicted octanol–water partition coefficient (Wildman–Crippen LogP) is 3.27. The van der Waals surface area contributed by atoms with E-state index in [1.54, 1.807) is 7.11 Å². The summed E-state index contributed by atoms with van der Waals surface area (Å²) in [4.78, 5) is 0. The summed E-state index contributed by atoms with van der Waals surface area (Å²) < 4.78 is 23.1. The van der Waals surface area contributed by atoms with E-state index >= 15 is 0 Å². The third-order valence-electron chi connectivity index (χ3n) is 2.59. The van der Waals surface area contributed by atoms with E-state index in [0.717, 1.165) is 31.5 Å². The van der Waals surface area contributed by atoms with Crippen molar-refractivity contribution in [3.8, 4) is 0 Å². The summed E-state index contributed by atoms with van der Waals surface area (Å²) in [5.74, 6) is 0. The molecule has 0 bridgehead atoms. The van der Waals surface area contributed by atoms with Crippen LogP contribution in [0.25, 0.3) is 0 Å². The molecule has 0 radical (unpaired) electrons. The summed E-state index contributed by atoms with van der Waals surface area (Å²) in [6.45, 7) is 4.73. The number of halogens is 1. The van der Waals surface area contributed by atoms with E-state index in [1.807, 2.05) is 0 Å². The summed E-state index contributed by atoms with van der Waals surface area (Å²) in [6.07, 6.45) is 2.52. The van der Waals surface area contributed by atoms with Crippen molar-refractivity contribution in [1.82, 2.24) is 0 Å². The molecule has 0 amide bonds. The third-order valence-corrected chi connectivity index (χ3v) is 6.22. The minimum absolute atomic E-state index is 0.214. The monoisotopic (exact) mass is 222 g/mol. The molecule has 0 heterocycles. The molecule has 0 fully saturated rings. The Hall–Kier alpha value is 0.0669. The molecule has 0 spiro atoms. The van der Waals surface area contributed by atoms with Crippen LogP contribution in [0.1, 0.15) is 33.1 Å². The Balaban J connectivity index is 3.61. The molecule has 0 N–H and O–H groups in total. The highest BCUT2D eigenvalue weighted by Gasteiger charge is 2.31. The van der Waals surface area contributed by atoms with E-state index in [4.69, 9.17) is 8.85 Å². The molecule has 0 atom stereocenters. The molecule has 0 aromatic rings. The predicted molar refractivity (Wildman–Crippen MR) is 59.5 cm³/mol. The second-order valence-corrected chi connectivity index (χ2v) is 7.35. The van der Waals surface area contributed by atoms with Gasteiger partial charge in [-0.1, -0.05) is 13.8 Å². The van der Waals surface area contributed by atoms with Gasteiger partial charge in [0.1, 0.15) is 0 Å². The largest absolute Gasteiger partial charge is 0.398 e. The molecule has 0 aliphatic heterocycles. The highest BCUT2D eigenvalue weighted by atomic mass is 28.4. The van der Waals surface area contributed by atoms with Crippen molar-refractivity contribution < 1.29 is 13.2 Å². The Kier molecular flexibility index (Phi) is 8.42. The van der Waals surface area contributed by atoms with E-state index in [1.165, 1.54) is 0 Å². The lowest BCUT2D eigenvalue weighted by Gasteiger charge is -2.26. The van der Waals surface area contributed by atoms with Gasteiger partial charge in [-0.2, -0.15) is 0 Å². The zero-order valence-electron chi connectivity index (χ0n) is 9.64. The standard InChI is InChI=1S/C10H23FO2Si/c1-4-14(5-2,12-3)13-10-8-6-7-9-11/h4-10H2,1-3H3. The topological polar surface area (TPSA) is 18.5 Å². The van der Waals surface area contributed by atoms with Gasteiger partial charge in [0.2, 0.25) is 0 Å². The average Bonchev–Trinajstić information content (AvgIpc) is 2.24. The highest BCUT2D eigenvalue weighted by Crippen LogP contribution is 2.17. The van der Waals surface area contributed by atoms with Crippen LogP contribution in [0, 0.1) is 0 Å². The second-order valence-electron chi connectivity index (χ2n) is 3.42. The van der Waals surface area contributed by atoms with Crippen LogP contribution in [-0.2, 0) is 8.85 Å². The number of alkyl halides is 1. The summed E-state index contributed by atoms with van der Waals surface area (Å²) in [5, 5.41) is 0. The first-order chi connectivity index (χ1) is 6.74. The van der Waals surface area contributed by atoms with Gasteiger partial charge in [-0.15, -0.1) is 0 Å². The van der Waals surface area contributed by atoms with Crippen molar-refractivity contribution in [3.63, 3.8) is 0 Å². The van der Waals surface area contributed by atoms with E-state index in [2.05, 4.69) is 13.8 Å². The van der Waals surface area contributed by atoms with Crippen molar-refractivity contribution in [1.29, 1.82) is 0 Å². The molecule has 2 nitrogen and oxygen atoms in total. The van der Waals surface area contributed by atoms with Gasteiger partial charge in [-0.05, 0) is 31.4 Å². The Morgan fingerprint density at radius 3 is 2.14 bits per heavy atom. The van der Waals surface area contributed by atoms with Gasteiger partial charge in [-0.3, -0.25) is 4.39 Å². The van der Waals surface area contributed by atoms with Crippen molar-refractivity contribution in [2.75, 3.05) is 20.4 Å². The zero-order valence-corrected chi connectivity index (χ0v) is 10.6. The van der Waals surface area contributed by atoms with Crippen LogP contribution in [0.15, 0.2) is 0 Å². The van der Waals surface area contributed by atoms with Crippen LogP contribution in [0.2, 0.25) is 12.1 Å². The number of rotatable bonds is 9. The third kappa shape index (κ3) is 5.07. The smallest absolute Gasteiger partial charge is 0.337 e. The molecule has 4 heteroatoms. The zero-order chi connectivity index (χ0) is 10.9. The van der Waals surface area contributed by atoms with Crippen LogP contribution >= 0.6 is 0 Å². The van der Waals surface area contributed by atoms with Gasteiger partial charge in [-0.25, -0.2) is 0 Å². The van der Waals surface area contributed by atoms with E-state index in [-0.39, 0.29) is 6.67 Å². The first-order valence-electron chi connectivity index (χ1n) is 5.49. The molecular formula is C10H23FO2Si. The van der Waals surface area contributed by atoms with Crippen molar-refractivity contribution in [3.05, 3.63) is 0 Å². The maximum absolute atomic E-state index is 11.8. The molecule has 0 saturated carbocycles. The maximum Gasteiger partial charge on any atom is 0.337 e.